The van der Waals surface area contributed by atoms with Crippen LogP contribution in [0.1, 0.15) is 30.5 Å². The first-order valence-electron chi connectivity index (χ1n) is 5.93. The smallest absolute Gasteiger partial charge is 0.125 e. The number of nitrogens with zero attached hydrogens (tertiary/aromatic N) is 2. The van der Waals surface area contributed by atoms with Crippen LogP contribution in [0.25, 0.3) is 10.6 Å². The van der Waals surface area contributed by atoms with Crippen molar-refractivity contribution in [2.45, 2.75) is 26.8 Å². The largest absolute Gasteiger partial charge is 0.310 e. The van der Waals surface area contributed by atoms with Gasteiger partial charge in [-0.15, -0.1) is 11.3 Å². The summed E-state index contributed by atoms with van der Waals surface area (Å²) in [5.74, 6) is 0. The molecule has 0 aliphatic carbocycles. The Morgan fingerprint density at radius 3 is 2.89 bits per heavy atom. The summed E-state index contributed by atoms with van der Waals surface area (Å²) in [6.45, 7) is 7.32. The van der Waals surface area contributed by atoms with Crippen molar-refractivity contribution in [3.05, 3.63) is 33.5 Å². The molecule has 0 fully saturated rings. The van der Waals surface area contributed by atoms with Crippen LogP contribution in [0.2, 0.25) is 0 Å². The van der Waals surface area contributed by atoms with Crippen molar-refractivity contribution in [3.63, 3.8) is 0 Å². The highest BCUT2D eigenvalue weighted by Gasteiger charge is 2.14. The Morgan fingerprint density at radius 1 is 1.44 bits per heavy atom. The van der Waals surface area contributed by atoms with Gasteiger partial charge in [0, 0.05) is 33.3 Å². The number of rotatable bonds is 4. The van der Waals surface area contributed by atoms with Gasteiger partial charge in [0.2, 0.25) is 0 Å². The van der Waals surface area contributed by atoms with E-state index >= 15 is 0 Å². The third kappa shape index (κ3) is 2.96. The molecule has 0 aromatic carbocycles. The summed E-state index contributed by atoms with van der Waals surface area (Å²) in [5.41, 5.74) is 2.16. The van der Waals surface area contributed by atoms with Crippen LogP contribution in [-0.2, 0) is 0 Å². The fourth-order valence-electron chi connectivity index (χ4n) is 1.86. The van der Waals surface area contributed by atoms with Crippen molar-refractivity contribution in [2.24, 2.45) is 0 Å². The monoisotopic (exact) mass is 325 g/mol. The van der Waals surface area contributed by atoms with E-state index in [1.807, 2.05) is 12.3 Å². The van der Waals surface area contributed by atoms with Crippen LogP contribution in [0.4, 0.5) is 0 Å². The average Bonchev–Trinajstić information content (AvgIpc) is 2.72. The summed E-state index contributed by atoms with van der Waals surface area (Å²) in [4.78, 5) is 10.1. The Kier molecular flexibility index (Phi) is 4.48. The molecular formula is C13H16BrN3S. The number of aryl methyl sites for hydroxylation is 1. The summed E-state index contributed by atoms with van der Waals surface area (Å²) in [6, 6.07) is 2.40. The maximum absolute atomic E-state index is 4.64. The first kappa shape index (κ1) is 13.6. The number of hydrogen-bond donors (Lipinski definition) is 1. The summed E-state index contributed by atoms with van der Waals surface area (Å²) >= 11 is 5.18. The molecule has 1 N–H and O–H groups in total. The van der Waals surface area contributed by atoms with E-state index in [-0.39, 0.29) is 0 Å². The van der Waals surface area contributed by atoms with Crippen molar-refractivity contribution in [1.82, 2.24) is 15.3 Å². The van der Waals surface area contributed by atoms with Crippen LogP contribution in [0.5, 0.6) is 0 Å². The third-order valence-corrected chi connectivity index (χ3v) is 4.51. The van der Waals surface area contributed by atoms with Crippen LogP contribution >= 0.6 is 27.3 Å². The number of pyridine rings is 1. The van der Waals surface area contributed by atoms with Crippen LogP contribution < -0.4 is 5.32 Å². The molecule has 3 nitrogen and oxygen atoms in total. The third-order valence-electron chi connectivity index (χ3n) is 2.69. The van der Waals surface area contributed by atoms with Crippen LogP contribution in [0.3, 0.4) is 0 Å². The first-order valence-corrected chi connectivity index (χ1v) is 7.54. The van der Waals surface area contributed by atoms with Gasteiger partial charge in [-0.1, -0.05) is 6.92 Å². The lowest BCUT2D eigenvalue weighted by molar-refractivity contribution is 0.603. The van der Waals surface area contributed by atoms with Crippen molar-refractivity contribution >= 4 is 27.3 Å². The van der Waals surface area contributed by atoms with Gasteiger partial charge >= 0.3 is 0 Å². The fourth-order valence-corrected chi connectivity index (χ4v) is 3.30. The van der Waals surface area contributed by atoms with Gasteiger partial charge in [-0.25, -0.2) is 4.98 Å². The van der Waals surface area contributed by atoms with Gasteiger partial charge in [0.25, 0.3) is 0 Å². The summed E-state index contributed by atoms with van der Waals surface area (Å²) in [6.07, 6.45) is 3.64. The predicted octanol–water partition coefficient (Wildman–Crippen LogP) is 3.95. The summed E-state index contributed by atoms with van der Waals surface area (Å²) < 4.78 is 0.981. The minimum Gasteiger partial charge on any atom is -0.310 e. The molecule has 0 radical (unpaired) electrons. The molecule has 96 valence electrons. The lowest BCUT2D eigenvalue weighted by Crippen LogP contribution is -2.17. The van der Waals surface area contributed by atoms with E-state index in [1.165, 1.54) is 4.88 Å². The summed E-state index contributed by atoms with van der Waals surface area (Å²) in [7, 11) is 0. The summed E-state index contributed by atoms with van der Waals surface area (Å²) in [5, 5.41) is 4.45. The minimum absolute atomic E-state index is 0.348. The molecular weight excluding hydrogens is 310 g/mol. The van der Waals surface area contributed by atoms with Gasteiger partial charge in [-0.3, -0.25) is 4.98 Å². The zero-order valence-electron chi connectivity index (χ0n) is 10.7. The quantitative estimate of drug-likeness (QED) is 0.924. The van der Waals surface area contributed by atoms with Crippen LogP contribution in [-0.4, -0.2) is 16.5 Å². The van der Waals surface area contributed by atoms with Crippen LogP contribution in [0.15, 0.2) is 22.9 Å². The number of halogens is 1. The normalized spacial score (nSPS) is 12.7. The molecule has 0 spiro atoms. The first-order chi connectivity index (χ1) is 8.61. The lowest BCUT2D eigenvalue weighted by Gasteiger charge is -2.09. The predicted molar refractivity (Wildman–Crippen MR) is 79.9 cm³/mol. The number of aromatic nitrogens is 2. The number of hydrogen-bond acceptors (Lipinski definition) is 4. The molecule has 2 heterocycles. The molecule has 0 bridgehead atoms. The molecule has 0 aliphatic heterocycles. The second-order valence-corrected chi connectivity index (χ2v) is 6.09. The molecule has 0 aliphatic rings. The lowest BCUT2D eigenvalue weighted by atomic mass is 10.2. The van der Waals surface area contributed by atoms with Crippen molar-refractivity contribution in [1.29, 1.82) is 0 Å². The topological polar surface area (TPSA) is 37.8 Å². The molecule has 18 heavy (non-hydrogen) atoms. The molecule has 1 unspecified atom stereocenters. The molecule has 0 saturated carbocycles. The highest BCUT2D eigenvalue weighted by molar-refractivity contribution is 9.10. The molecule has 2 aromatic heterocycles. The van der Waals surface area contributed by atoms with E-state index in [0.29, 0.717) is 6.04 Å². The number of thiazole rings is 1. The van der Waals surface area contributed by atoms with E-state index in [0.717, 1.165) is 27.3 Å². The van der Waals surface area contributed by atoms with Gasteiger partial charge in [0.05, 0.1) is 5.69 Å². The molecule has 0 amide bonds. The van der Waals surface area contributed by atoms with E-state index in [9.17, 15) is 0 Å². The Labute approximate surface area is 120 Å². The maximum Gasteiger partial charge on any atom is 0.125 e. The second-order valence-electron chi connectivity index (χ2n) is 4.14. The Morgan fingerprint density at radius 2 is 2.22 bits per heavy atom. The van der Waals surface area contributed by atoms with Gasteiger partial charge in [0.1, 0.15) is 5.01 Å². The van der Waals surface area contributed by atoms with Gasteiger partial charge in [0.15, 0.2) is 0 Å². The SMILES string of the molecule is CCNC(C)c1sc(-c2cncc(Br)c2)nc1C. The molecule has 2 aromatic rings. The van der Waals surface area contributed by atoms with E-state index in [1.54, 1.807) is 17.5 Å². The standard InChI is InChI=1S/C13H16BrN3S/c1-4-16-8(2)12-9(3)17-13(18-12)10-5-11(14)7-15-6-10/h5-8,16H,4H2,1-3H3. The minimum atomic E-state index is 0.348. The fraction of sp³-hybridized carbons (Fsp3) is 0.385. The molecule has 5 heteroatoms. The highest BCUT2D eigenvalue weighted by atomic mass is 79.9. The average molecular weight is 326 g/mol. The molecule has 0 saturated heterocycles. The van der Waals surface area contributed by atoms with Crippen molar-refractivity contribution in [3.8, 4) is 10.6 Å². The van der Waals surface area contributed by atoms with Gasteiger partial charge in [-0.05, 0) is 42.4 Å². The highest BCUT2D eigenvalue weighted by Crippen LogP contribution is 2.32. The van der Waals surface area contributed by atoms with Gasteiger partial charge < -0.3 is 5.32 Å². The van der Waals surface area contributed by atoms with Crippen LogP contribution in [0, 0.1) is 6.92 Å². The number of nitrogens with one attached hydrogen (secondary N) is 1. The van der Waals surface area contributed by atoms with E-state index < -0.39 is 0 Å². The zero-order chi connectivity index (χ0) is 13.1. The Hall–Kier alpha value is -0.780. The van der Waals surface area contributed by atoms with Crippen molar-refractivity contribution in [2.75, 3.05) is 6.54 Å². The molecule has 2 rings (SSSR count). The zero-order valence-corrected chi connectivity index (χ0v) is 13.1. The maximum atomic E-state index is 4.64. The second kappa shape index (κ2) is 5.91. The molecule has 1 atom stereocenters. The Bertz CT molecular complexity index is 539. The Balaban J connectivity index is 2.34. The van der Waals surface area contributed by atoms with E-state index in [2.05, 4.69) is 52.0 Å². The van der Waals surface area contributed by atoms with Crippen molar-refractivity contribution < 1.29 is 0 Å². The van der Waals surface area contributed by atoms with Gasteiger partial charge in [-0.2, -0.15) is 0 Å². The van der Waals surface area contributed by atoms with E-state index in [4.69, 9.17) is 0 Å².